The van der Waals surface area contributed by atoms with Crippen LogP contribution in [0.5, 0.6) is 0 Å². The second-order valence-electron chi connectivity index (χ2n) is 4.29. The summed E-state index contributed by atoms with van der Waals surface area (Å²) in [5.41, 5.74) is 4.49. The van der Waals surface area contributed by atoms with Crippen molar-refractivity contribution in [1.29, 1.82) is 0 Å². The third kappa shape index (κ3) is 3.40. The van der Waals surface area contributed by atoms with Crippen LogP contribution in [0.2, 0.25) is 0 Å². The van der Waals surface area contributed by atoms with Gasteiger partial charge in [0.2, 0.25) is 10.0 Å². The molecule has 0 amide bonds. The lowest BCUT2D eigenvalue weighted by molar-refractivity contribution is -0.141. The van der Waals surface area contributed by atoms with Gasteiger partial charge in [0.05, 0.1) is 0 Å². The molecule has 0 radical (unpaired) electrons. The summed E-state index contributed by atoms with van der Waals surface area (Å²) in [5, 5.41) is 0. The van der Waals surface area contributed by atoms with Crippen molar-refractivity contribution in [2.45, 2.75) is 23.5 Å². The first-order valence-corrected chi connectivity index (χ1v) is 6.94. The van der Waals surface area contributed by atoms with E-state index < -0.39 is 21.9 Å². The molecule has 20 heavy (non-hydrogen) atoms. The number of alkyl halides is 3. The van der Waals surface area contributed by atoms with Crippen molar-refractivity contribution in [2.75, 3.05) is 13.1 Å². The van der Waals surface area contributed by atoms with Gasteiger partial charge in [0.25, 0.3) is 0 Å². The Morgan fingerprint density at radius 3 is 2.40 bits per heavy atom. The molecule has 0 aromatic carbocycles. The average molecular weight is 332 g/mol. The summed E-state index contributed by atoms with van der Waals surface area (Å²) in [4.78, 5) is 2.89. The van der Waals surface area contributed by atoms with Gasteiger partial charge in [-0.1, -0.05) is 0 Å². The van der Waals surface area contributed by atoms with E-state index in [2.05, 4.69) is 4.98 Å². The Hall–Kier alpha value is -0.900. The van der Waals surface area contributed by atoms with E-state index >= 15 is 0 Å². The monoisotopic (exact) mass is 331 g/mol. The highest BCUT2D eigenvalue weighted by atomic mass is 35.5. The quantitative estimate of drug-likeness (QED) is 0.884. The van der Waals surface area contributed by atoms with Crippen molar-refractivity contribution < 1.29 is 21.6 Å². The molecule has 0 bridgehead atoms. The van der Waals surface area contributed by atoms with Crippen LogP contribution in [-0.2, 0) is 16.2 Å². The second kappa shape index (κ2) is 5.84. The number of halogens is 4. The number of hydrogen-bond acceptors (Lipinski definition) is 4. The van der Waals surface area contributed by atoms with E-state index in [1.54, 1.807) is 0 Å². The van der Waals surface area contributed by atoms with Crippen LogP contribution in [0.25, 0.3) is 0 Å². The maximum atomic E-state index is 12.3. The summed E-state index contributed by atoms with van der Waals surface area (Å²) < 4.78 is 62.3. The van der Waals surface area contributed by atoms with E-state index in [4.69, 9.17) is 5.73 Å². The first-order chi connectivity index (χ1) is 8.71. The summed E-state index contributed by atoms with van der Waals surface area (Å²) in [6.45, 7) is 0.438. The van der Waals surface area contributed by atoms with Gasteiger partial charge < -0.3 is 5.73 Å². The first kappa shape index (κ1) is 17.2. The topological polar surface area (TPSA) is 76.3 Å². The SMILES string of the molecule is Cl.N[C@@H]1CCN(S(=O)(=O)c2ccc(C(F)(F)F)nc2)C1. The Bertz CT molecular complexity index is 562. The van der Waals surface area contributed by atoms with Crippen LogP contribution >= 0.6 is 12.4 Å². The lowest BCUT2D eigenvalue weighted by Crippen LogP contribution is -2.32. The van der Waals surface area contributed by atoms with E-state index in [1.165, 1.54) is 0 Å². The zero-order valence-electron chi connectivity index (χ0n) is 10.2. The molecule has 2 heterocycles. The van der Waals surface area contributed by atoms with E-state index in [0.717, 1.165) is 16.6 Å². The maximum Gasteiger partial charge on any atom is 0.433 e. The Morgan fingerprint density at radius 2 is 2.00 bits per heavy atom. The molecule has 5 nitrogen and oxygen atoms in total. The number of hydrogen-bond donors (Lipinski definition) is 1. The van der Waals surface area contributed by atoms with Gasteiger partial charge in [-0.25, -0.2) is 8.42 Å². The Balaban J connectivity index is 0.00000200. The molecule has 0 unspecified atom stereocenters. The molecule has 1 atom stereocenters. The smallest absolute Gasteiger partial charge is 0.326 e. The maximum absolute atomic E-state index is 12.3. The number of aromatic nitrogens is 1. The molecule has 0 spiro atoms. The van der Waals surface area contributed by atoms with Crippen molar-refractivity contribution in [3.05, 3.63) is 24.0 Å². The standard InChI is InChI=1S/C10H12F3N3O2S.ClH/c11-10(12,13)9-2-1-8(5-15-9)19(17,18)16-4-3-7(14)6-16;/h1-2,5,7H,3-4,6,14H2;1H/t7-;/m1./s1. The van der Waals surface area contributed by atoms with Gasteiger partial charge in [-0.15, -0.1) is 12.4 Å². The first-order valence-electron chi connectivity index (χ1n) is 5.50. The summed E-state index contributed by atoms with van der Waals surface area (Å²) >= 11 is 0. The van der Waals surface area contributed by atoms with Crippen LogP contribution in [0, 0.1) is 0 Å². The van der Waals surface area contributed by atoms with Gasteiger partial charge in [0.1, 0.15) is 10.6 Å². The molecule has 1 aliphatic heterocycles. The molecule has 10 heteroatoms. The molecular weight excluding hydrogens is 319 g/mol. The molecule has 1 fully saturated rings. The summed E-state index contributed by atoms with van der Waals surface area (Å²) in [6, 6.07) is 1.33. The summed E-state index contributed by atoms with van der Waals surface area (Å²) in [5.74, 6) is 0. The lowest BCUT2D eigenvalue weighted by atomic mass is 10.3. The number of rotatable bonds is 2. The predicted molar refractivity (Wildman–Crippen MR) is 67.8 cm³/mol. The molecule has 0 saturated carbocycles. The van der Waals surface area contributed by atoms with Crippen LogP contribution in [0.3, 0.4) is 0 Å². The fraction of sp³-hybridized carbons (Fsp3) is 0.500. The normalized spacial score (nSPS) is 20.7. The third-order valence-electron chi connectivity index (χ3n) is 2.85. The number of sulfonamides is 1. The zero-order chi connectivity index (χ0) is 14.3. The minimum absolute atomic E-state index is 0. The molecule has 0 aliphatic carbocycles. The molecule has 2 rings (SSSR count). The number of nitrogens with two attached hydrogens (primary N) is 1. The van der Waals surface area contributed by atoms with Crippen LogP contribution < -0.4 is 5.73 Å². The van der Waals surface area contributed by atoms with Crippen LogP contribution in [0.1, 0.15) is 12.1 Å². The molecule has 1 saturated heterocycles. The summed E-state index contributed by atoms with van der Waals surface area (Å²) in [7, 11) is -3.81. The molecule has 1 aromatic rings. The Labute approximate surface area is 120 Å². The van der Waals surface area contributed by atoms with Crippen LogP contribution in [0.15, 0.2) is 23.2 Å². The van der Waals surface area contributed by atoms with Gasteiger partial charge in [-0.05, 0) is 18.6 Å². The lowest BCUT2D eigenvalue weighted by Gasteiger charge is -2.16. The van der Waals surface area contributed by atoms with Crippen LogP contribution in [-0.4, -0.2) is 36.8 Å². The van der Waals surface area contributed by atoms with E-state index in [-0.39, 0.29) is 36.4 Å². The molecular formula is C10H13ClF3N3O2S. The number of pyridine rings is 1. The van der Waals surface area contributed by atoms with Gasteiger partial charge in [0.15, 0.2) is 0 Å². The van der Waals surface area contributed by atoms with Crippen molar-refractivity contribution in [1.82, 2.24) is 9.29 Å². The third-order valence-corrected chi connectivity index (χ3v) is 4.70. The van der Waals surface area contributed by atoms with Crippen molar-refractivity contribution in [3.8, 4) is 0 Å². The van der Waals surface area contributed by atoms with E-state index in [1.807, 2.05) is 0 Å². The highest BCUT2D eigenvalue weighted by Gasteiger charge is 2.34. The molecule has 1 aliphatic rings. The van der Waals surface area contributed by atoms with Crippen LogP contribution in [0.4, 0.5) is 13.2 Å². The van der Waals surface area contributed by atoms with Crippen molar-refractivity contribution in [3.63, 3.8) is 0 Å². The van der Waals surface area contributed by atoms with Gasteiger partial charge in [-0.3, -0.25) is 4.98 Å². The van der Waals surface area contributed by atoms with Gasteiger partial charge in [0, 0.05) is 25.3 Å². The van der Waals surface area contributed by atoms with Crippen molar-refractivity contribution in [2.24, 2.45) is 5.73 Å². The Morgan fingerprint density at radius 1 is 1.35 bits per heavy atom. The largest absolute Gasteiger partial charge is 0.433 e. The minimum atomic E-state index is -4.59. The highest BCUT2D eigenvalue weighted by molar-refractivity contribution is 7.89. The van der Waals surface area contributed by atoms with E-state index in [9.17, 15) is 21.6 Å². The predicted octanol–water partition coefficient (Wildman–Crippen LogP) is 1.24. The molecule has 2 N–H and O–H groups in total. The molecule has 114 valence electrons. The molecule has 1 aromatic heterocycles. The fourth-order valence-electron chi connectivity index (χ4n) is 1.82. The number of nitrogens with zero attached hydrogens (tertiary/aromatic N) is 2. The average Bonchev–Trinajstić information content (AvgIpc) is 2.76. The highest BCUT2D eigenvalue weighted by Crippen LogP contribution is 2.28. The van der Waals surface area contributed by atoms with E-state index in [0.29, 0.717) is 12.5 Å². The second-order valence-corrected chi connectivity index (χ2v) is 6.23. The van der Waals surface area contributed by atoms with Crippen molar-refractivity contribution >= 4 is 22.4 Å². The Kier molecular flexibility index (Phi) is 5.01. The fourth-order valence-corrected chi connectivity index (χ4v) is 3.28. The summed E-state index contributed by atoms with van der Waals surface area (Å²) in [6.07, 6.45) is -3.33. The van der Waals surface area contributed by atoms with Gasteiger partial charge >= 0.3 is 6.18 Å². The minimum Gasteiger partial charge on any atom is -0.326 e. The van der Waals surface area contributed by atoms with Gasteiger partial charge in [-0.2, -0.15) is 17.5 Å². The zero-order valence-corrected chi connectivity index (χ0v) is 11.8.